The van der Waals surface area contributed by atoms with Gasteiger partial charge in [-0.2, -0.15) is 5.06 Å². The molecule has 1 aliphatic rings. The Balaban J connectivity index is 2.26. The van der Waals surface area contributed by atoms with E-state index in [0.717, 1.165) is 24.3 Å². The van der Waals surface area contributed by atoms with Crippen molar-refractivity contribution in [3.8, 4) is 0 Å². The van der Waals surface area contributed by atoms with Crippen LogP contribution in [-0.4, -0.2) is 23.5 Å². The molecule has 0 aromatic rings. The highest BCUT2D eigenvalue weighted by atomic mass is 16.7. The molecule has 1 heterocycles. The number of rotatable bonds is 4. The largest absolute Gasteiger partial charge is 0.272 e. The highest BCUT2D eigenvalue weighted by Crippen LogP contribution is 2.10. The Kier molecular flexibility index (Phi) is 3.89. The molecule has 1 rings (SSSR count). The summed E-state index contributed by atoms with van der Waals surface area (Å²) in [6, 6.07) is 0. The van der Waals surface area contributed by atoms with Crippen LogP contribution in [0.25, 0.3) is 0 Å². The van der Waals surface area contributed by atoms with Crippen LogP contribution in [0.1, 0.15) is 39.0 Å². The van der Waals surface area contributed by atoms with Gasteiger partial charge < -0.3 is 0 Å². The average molecular weight is 185 g/mol. The molecule has 0 N–H and O–H groups in total. The van der Waals surface area contributed by atoms with Crippen molar-refractivity contribution in [1.29, 1.82) is 0 Å². The third kappa shape index (κ3) is 2.81. The van der Waals surface area contributed by atoms with E-state index >= 15 is 0 Å². The maximum atomic E-state index is 11.3. The molecule has 0 aromatic carbocycles. The Hall–Kier alpha value is -0.900. The second kappa shape index (κ2) is 4.97. The molecule has 0 radical (unpaired) electrons. The summed E-state index contributed by atoms with van der Waals surface area (Å²) in [7, 11) is 0. The second-order valence-electron chi connectivity index (χ2n) is 3.12. The molecular formula is C9H15NO3. The summed E-state index contributed by atoms with van der Waals surface area (Å²) in [6.45, 7) is 2.42. The molecule has 1 fully saturated rings. The predicted octanol–water partition coefficient (Wildman–Crippen LogP) is 1.26. The quantitative estimate of drug-likeness (QED) is 0.619. The van der Waals surface area contributed by atoms with Crippen LogP contribution in [0.2, 0.25) is 0 Å². The van der Waals surface area contributed by atoms with Crippen LogP contribution in [0, 0.1) is 0 Å². The molecule has 0 bridgehead atoms. The van der Waals surface area contributed by atoms with Crippen LogP contribution in [0.4, 0.5) is 0 Å². The van der Waals surface area contributed by atoms with Gasteiger partial charge in [-0.25, -0.2) is 0 Å². The molecule has 13 heavy (non-hydrogen) atoms. The van der Waals surface area contributed by atoms with Crippen molar-refractivity contribution in [3.63, 3.8) is 0 Å². The first-order valence-electron chi connectivity index (χ1n) is 4.74. The summed E-state index contributed by atoms with van der Waals surface area (Å²) in [5.41, 5.74) is 0. The van der Waals surface area contributed by atoms with Crippen molar-refractivity contribution in [2.45, 2.75) is 39.0 Å². The molecule has 0 aromatic heterocycles. The number of unbranched alkanes of at least 4 members (excludes halogenated alkanes) is 2. The van der Waals surface area contributed by atoms with Crippen LogP contribution in [0.3, 0.4) is 0 Å². The van der Waals surface area contributed by atoms with E-state index < -0.39 is 0 Å². The molecule has 2 amide bonds. The number of carbonyl (C=O) groups excluding carboxylic acids is 2. The van der Waals surface area contributed by atoms with E-state index in [1.165, 1.54) is 0 Å². The van der Waals surface area contributed by atoms with Gasteiger partial charge in [0.1, 0.15) is 0 Å². The number of amides is 2. The van der Waals surface area contributed by atoms with Gasteiger partial charge in [-0.3, -0.25) is 14.4 Å². The Morgan fingerprint density at radius 3 is 2.85 bits per heavy atom. The van der Waals surface area contributed by atoms with Crippen LogP contribution >= 0.6 is 0 Å². The highest BCUT2D eigenvalue weighted by molar-refractivity contribution is 5.94. The zero-order chi connectivity index (χ0) is 9.68. The van der Waals surface area contributed by atoms with E-state index in [2.05, 4.69) is 6.92 Å². The van der Waals surface area contributed by atoms with Gasteiger partial charge in [0.15, 0.2) is 0 Å². The maximum Gasteiger partial charge on any atom is 0.255 e. The first-order valence-corrected chi connectivity index (χ1v) is 4.74. The molecule has 0 unspecified atom stereocenters. The normalized spacial score (nSPS) is 16.7. The average Bonchev–Trinajstić information content (AvgIpc) is 2.52. The molecule has 1 saturated heterocycles. The van der Waals surface area contributed by atoms with Gasteiger partial charge in [-0.15, -0.1) is 0 Å². The molecule has 4 nitrogen and oxygen atoms in total. The minimum atomic E-state index is -0.207. The fraction of sp³-hybridized carbons (Fsp3) is 0.778. The lowest BCUT2D eigenvalue weighted by Gasteiger charge is -2.10. The minimum absolute atomic E-state index is 0.198. The van der Waals surface area contributed by atoms with Gasteiger partial charge in [-0.1, -0.05) is 19.8 Å². The Morgan fingerprint density at radius 1 is 1.54 bits per heavy atom. The molecule has 4 heteroatoms. The summed E-state index contributed by atoms with van der Waals surface area (Å²) in [4.78, 5) is 27.2. The first-order chi connectivity index (χ1) is 6.25. The third-order valence-corrected chi connectivity index (χ3v) is 1.98. The summed E-state index contributed by atoms with van der Waals surface area (Å²) in [5.74, 6) is -0.405. The zero-order valence-electron chi connectivity index (χ0n) is 7.91. The summed E-state index contributed by atoms with van der Waals surface area (Å²) in [5, 5.41) is 0.912. The fourth-order valence-electron chi connectivity index (χ4n) is 1.24. The molecule has 0 aliphatic carbocycles. The van der Waals surface area contributed by atoms with Gasteiger partial charge in [0.05, 0.1) is 13.0 Å². The lowest BCUT2D eigenvalue weighted by molar-refractivity contribution is -0.178. The highest BCUT2D eigenvalue weighted by Gasteiger charge is 2.27. The molecule has 1 aliphatic heterocycles. The number of imide groups is 1. The first kappa shape index (κ1) is 10.2. The van der Waals surface area contributed by atoms with E-state index in [4.69, 9.17) is 4.84 Å². The Labute approximate surface area is 77.8 Å². The minimum Gasteiger partial charge on any atom is -0.272 e. The lowest BCUT2D eigenvalue weighted by Crippen LogP contribution is -2.30. The number of carbonyl (C=O) groups is 2. The summed E-state index contributed by atoms with van der Waals surface area (Å²) in [6.07, 6.45) is 3.68. The monoisotopic (exact) mass is 185 g/mol. The van der Waals surface area contributed by atoms with Crippen molar-refractivity contribution in [2.24, 2.45) is 0 Å². The van der Waals surface area contributed by atoms with E-state index in [0.29, 0.717) is 19.4 Å². The van der Waals surface area contributed by atoms with Gasteiger partial charge in [0, 0.05) is 6.42 Å². The van der Waals surface area contributed by atoms with E-state index in [1.54, 1.807) is 0 Å². The molecule has 0 atom stereocenters. The number of nitrogens with zero attached hydrogens (tertiary/aromatic N) is 1. The maximum absolute atomic E-state index is 11.3. The molecule has 0 saturated carbocycles. The Bertz CT molecular complexity index is 203. The van der Waals surface area contributed by atoms with Crippen molar-refractivity contribution in [2.75, 3.05) is 6.61 Å². The number of hydroxylamine groups is 2. The summed E-state index contributed by atoms with van der Waals surface area (Å²) >= 11 is 0. The molecular weight excluding hydrogens is 170 g/mol. The topological polar surface area (TPSA) is 46.6 Å². The second-order valence-corrected chi connectivity index (χ2v) is 3.12. The fourth-order valence-corrected chi connectivity index (χ4v) is 1.24. The number of hydrogen-bond donors (Lipinski definition) is 0. The van der Waals surface area contributed by atoms with Crippen molar-refractivity contribution < 1.29 is 14.4 Å². The van der Waals surface area contributed by atoms with E-state index in [1.807, 2.05) is 0 Å². The standard InChI is InChI=1S/C9H15NO3/c1-2-3-4-5-8(11)10-9(12)6-7-13-10/h2-7H2,1H3. The van der Waals surface area contributed by atoms with Gasteiger partial charge in [0.2, 0.25) is 0 Å². The molecule has 74 valence electrons. The molecule has 0 spiro atoms. The van der Waals surface area contributed by atoms with E-state index in [9.17, 15) is 9.59 Å². The van der Waals surface area contributed by atoms with Crippen molar-refractivity contribution in [3.05, 3.63) is 0 Å². The smallest absolute Gasteiger partial charge is 0.255 e. The lowest BCUT2D eigenvalue weighted by atomic mass is 10.2. The predicted molar refractivity (Wildman–Crippen MR) is 46.6 cm³/mol. The van der Waals surface area contributed by atoms with E-state index in [-0.39, 0.29) is 11.8 Å². The van der Waals surface area contributed by atoms with Crippen LogP contribution < -0.4 is 0 Å². The van der Waals surface area contributed by atoms with Gasteiger partial charge >= 0.3 is 0 Å². The Morgan fingerprint density at radius 2 is 2.31 bits per heavy atom. The number of hydrogen-bond acceptors (Lipinski definition) is 3. The van der Waals surface area contributed by atoms with Gasteiger partial charge in [-0.05, 0) is 6.42 Å². The van der Waals surface area contributed by atoms with Crippen molar-refractivity contribution in [1.82, 2.24) is 5.06 Å². The van der Waals surface area contributed by atoms with Crippen LogP contribution in [0.15, 0.2) is 0 Å². The van der Waals surface area contributed by atoms with Crippen molar-refractivity contribution >= 4 is 11.8 Å². The summed E-state index contributed by atoms with van der Waals surface area (Å²) < 4.78 is 0. The SMILES string of the molecule is CCCCCC(=O)N1OCCC1=O. The zero-order valence-corrected chi connectivity index (χ0v) is 7.91. The van der Waals surface area contributed by atoms with Crippen LogP contribution in [-0.2, 0) is 14.4 Å². The van der Waals surface area contributed by atoms with Crippen LogP contribution in [0.5, 0.6) is 0 Å². The third-order valence-electron chi connectivity index (χ3n) is 1.98. The van der Waals surface area contributed by atoms with Gasteiger partial charge in [0.25, 0.3) is 11.8 Å².